The van der Waals surface area contributed by atoms with Crippen LogP contribution in [-0.2, 0) is 4.79 Å². The minimum absolute atomic E-state index is 0.0956. The maximum atomic E-state index is 11.5. The molecule has 1 atom stereocenters. The van der Waals surface area contributed by atoms with Crippen LogP contribution in [0.1, 0.15) is 174 Å². The Morgan fingerprint density at radius 1 is 0.452 bits per heavy atom. The van der Waals surface area contributed by atoms with Gasteiger partial charge in [-0.15, -0.1) is 0 Å². The molecule has 186 valence electrons. The molecule has 0 aliphatic rings. The number of hydrogen-bond donors (Lipinski definition) is 1. The van der Waals surface area contributed by atoms with Crippen molar-refractivity contribution in [3.05, 3.63) is 0 Å². The first-order chi connectivity index (χ1) is 15.2. The Morgan fingerprint density at radius 2 is 0.677 bits per heavy atom. The quantitative estimate of drug-likeness (QED) is 0.136. The number of carbonyl (C=O) groups is 1. The Balaban J connectivity index is 3.42. The van der Waals surface area contributed by atoms with Crippen molar-refractivity contribution in [3.63, 3.8) is 0 Å². The van der Waals surface area contributed by atoms with E-state index in [1.54, 1.807) is 0 Å². The van der Waals surface area contributed by atoms with E-state index >= 15 is 0 Å². The third kappa shape index (κ3) is 24.0. The van der Waals surface area contributed by atoms with Crippen molar-refractivity contribution in [2.24, 2.45) is 5.92 Å². The fourth-order valence-corrected chi connectivity index (χ4v) is 4.68. The molecule has 0 aromatic heterocycles. The SMILES string of the molecule is CCCCCCCCCCCCCCCC(CCCCCCCCCCCC)C(=O)O. The summed E-state index contributed by atoms with van der Waals surface area (Å²) in [5.74, 6) is -0.656. The van der Waals surface area contributed by atoms with E-state index in [0.717, 1.165) is 25.7 Å². The van der Waals surface area contributed by atoms with Gasteiger partial charge in [-0.2, -0.15) is 0 Å². The summed E-state index contributed by atoms with van der Waals surface area (Å²) in [6, 6.07) is 0. The standard InChI is InChI=1S/C29H58O2/c1-3-5-7-9-11-13-15-16-17-19-21-23-25-27-28(29(30)31)26-24-22-20-18-14-12-10-8-6-4-2/h28H,3-27H2,1-2H3,(H,30,31). The zero-order chi connectivity index (χ0) is 22.8. The molecule has 31 heavy (non-hydrogen) atoms. The minimum atomic E-state index is -0.560. The predicted molar refractivity (Wildman–Crippen MR) is 138 cm³/mol. The number of carboxylic acids is 1. The molecule has 0 saturated heterocycles. The van der Waals surface area contributed by atoms with Crippen LogP contribution in [-0.4, -0.2) is 11.1 Å². The van der Waals surface area contributed by atoms with Crippen molar-refractivity contribution < 1.29 is 9.90 Å². The highest BCUT2D eigenvalue weighted by Crippen LogP contribution is 2.20. The normalized spacial score (nSPS) is 12.3. The topological polar surface area (TPSA) is 37.3 Å². The number of rotatable bonds is 26. The third-order valence-corrected chi connectivity index (χ3v) is 6.91. The molecule has 2 heteroatoms. The van der Waals surface area contributed by atoms with Crippen LogP contribution < -0.4 is 0 Å². The van der Waals surface area contributed by atoms with E-state index in [0.29, 0.717) is 0 Å². The maximum Gasteiger partial charge on any atom is 0.306 e. The molecule has 1 unspecified atom stereocenters. The van der Waals surface area contributed by atoms with Crippen molar-refractivity contribution in [1.82, 2.24) is 0 Å². The van der Waals surface area contributed by atoms with Crippen LogP contribution in [0.5, 0.6) is 0 Å². The second-order valence-corrected chi connectivity index (χ2v) is 10.0. The molecular formula is C29H58O2. The Labute approximate surface area is 196 Å². The van der Waals surface area contributed by atoms with Gasteiger partial charge in [0.1, 0.15) is 0 Å². The van der Waals surface area contributed by atoms with Gasteiger partial charge in [0, 0.05) is 0 Å². The van der Waals surface area contributed by atoms with Crippen molar-refractivity contribution in [2.75, 3.05) is 0 Å². The molecule has 1 N–H and O–H groups in total. The molecule has 0 fully saturated rings. The van der Waals surface area contributed by atoms with E-state index in [1.807, 2.05) is 0 Å². The van der Waals surface area contributed by atoms with Crippen molar-refractivity contribution >= 4 is 5.97 Å². The van der Waals surface area contributed by atoms with Crippen LogP contribution in [0.4, 0.5) is 0 Å². The maximum absolute atomic E-state index is 11.5. The summed E-state index contributed by atoms with van der Waals surface area (Å²) in [4.78, 5) is 11.5. The Hall–Kier alpha value is -0.530. The van der Waals surface area contributed by atoms with Gasteiger partial charge < -0.3 is 5.11 Å². The molecule has 0 heterocycles. The second kappa shape index (κ2) is 25.7. The van der Waals surface area contributed by atoms with Gasteiger partial charge in [0.15, 0.2) is 0 Å². The van der Waals surface area contributed by atoms with Gasteiger partial charge in [-0.1, -0.05) is 162 Å². The first-order valence-corrected chi connectivity index (χ1v) is 14.4. The summed E-state index contributed by atoms with van der Waals surface area (Å²) in [7, 11) is 0. The van der Waals surface area contributed by atoms with E-state index in [1.165, 1.54) is 135 Å². The molecular weight excluding hydrogens is 380 g/mol. The summed E-state index contributed by atoms with van der Waals surface area (Å²) in [5, 5.41) is 9.51. The Bertz CT molecular complexity index is 353. The van der Waals surface area contributed by atoms with Gasteiger partial charge in [-0.05, 0) is 12.8 Å². The lowest BCUT2D eigenvalue weighted by Gasteiger charge is -2.12. The Morgan fingerprint density at radius 3 is 0.903 bits per heavy atom. The summed E-state index contributed by atoms with van der Waals surface area (Å²) >= 11 is 0. The summed E-state index contributed by atoms with van der Waals surface area (Å²) in [6.45, 7) is 4.55. The molecule has 0 aliphatic heterocycles. The molecule has 0 radical (unpaired) electrons. The average Bonchev–Trinajstić information content (AvgIpc) is 2.76. The molecule has 2 nitrogen and oxygen atoms in total. The second-order valence-electron chi connectivity index (χ2n) is 10.0. The molecule has 0 aromatic carbocycles. The van der Waals surface area contributed by atoms with Gasteiger partial charge >= 0.3 is 5.97 Å². The lowest BCUT2D eigenvalue weighted by Crippen LogP contribution is -2.13. The molecule has 0 rings (SSSR count). The minimum Gasteiger partial charge on any atom is -0.481 e. The highest BCUT2D eigenvalue weighted by molar-refractivity contribution is 5.69. The van der Waals surface area contributed by atoms with Gasteiger partial charge in [-0.25, -0.2) is 0 Å². The highest BCUT2D eigenvalue weighted by Gasteiger charge is 2.16. The van der Waals surface area contributed by atoms with Crippen LogP contribution in [0.25, 0.3) is 0 Å². The summed E-state index contributed by atoms with van der Waals surface area (Å²) in [6.07, 6.45) is 32.6. The molecule has 0 saturated carbocycles. The van der Waals surface area contributed by atoms with Crippen LogP contribution in [0.2, 0.25) is 0 Å². The van der Waals surface area contributed by atoms with Gasteiger partial charge in [-0.3, -0.25) is 4.79 Å². The molecule has 0 aliphatic carbocycles. The lowest BCUT2D eigenvalue weighted by molar-refractivity contribution is -0.142. The molecule has 0 spiro atoms. The van der Waals surface area contributed by atoms with E-state index in [-0.39, 0.29) is 5.92 Å². The lowest BCUT2D eigenvalue weighted by atomic mass is 9.94. The first-order valence-electron chi connectivity index (χ1n) is 14.4. The van der Waals surface area contributed by atoms with Crippen LogP contribution in [0, 0.1) is 5.92 Å². The highest BCUT2D eigenvalue weighted by atomic mass is 16.4. The van der Waals surface area contributed by atoms with Crippen LogP contribution in [0.3, 0.4) is 0 Å². The number of aliphatic carboxylic acids is 1. The Kier molecular flexibility index (Phi) is 25.3. The van der Waals surface area contributed by atoms with Gasteiger partial charge in [0.2, 0.25) is 0 Å². The van der Waals surface area contributed by atoms with E-state index in [2.05, 4.69) is 13.8 Å². The molecule has 0 amide bonds. The smallest absolute Gasteiger partial charge is 0.306 e. The fourth-order valence-electron chi connectivity index (χ4n) is 4.68. The van der Waals surface area contributed by atoms with Crippen LogP contribution >= 0.6 is 0 Å². The summed E-state index contributed by atoms with van der Waals surface area (Å²) in [5.41, 5.74) is 0. The van der Waals surface area contributed by atoms with Crippen molar-refractivity contribution in [2.45, 2.75) is 174 Å². The van der Waals surface area contributed by atoms with Crippen LogP contribution in [0.15, 0.2) is 0 Å². The van der Waals surface area contributed by atoms with Gasteiger partial charge in [0.05, 0.1) is 5.92 Å². The largest absolute Gasteiger partial charge is 0.481 e. The van der Waals surface area contributed by atoms with Crippen molar-refractivity contribution in [3.8, 4) is 0 Å². The zero-order valence-corrected chi connectivity index (χ0v) is 21.6. The van der Waals surface area contributed by atoms with Gasteiger partial charge in [0.25, 0.3) is 0 Å². The number of hydrogen-bond acceptors (Lipinski definition) is 1. The van der Waals surface area contributed by atoms with E-state index < -0.39 is 5.97 Å². The molecule has 0 aromatic rings. The van der Waals surface area contributed by atoms with E-state index in [4.69, 9.17) is 0 Å². The monoisotopic (exact) mass is 438 g/mol. The molecule has 0 bridgehead atoms. The predicted octanol–water partition coefficient (Wildman–Crippen LogP) is 10.5. The first kappa shape index (κ1) is 30.5. The zero-order valence-electron chi connectivity index (χ0n) is 21.6. The number of carboxylic acid groups (broad SMARTS) is 1. The van der Waals surface area contributed by atoms with Crippen molar-refractivity contribution in [1.29, 1.82) is 0 Å². The fraction of sp³-hybridized carbons (Fsp3) is 0.966. The summed E-state index contributed by atoms with van der Waals surface area (Å²) < 4.78 is 0. The average molecular weight is 439 g/mol. The van der Waals surface area contributed by atoms with E-state index in [9.17, 15) is 9.90 Å². The number of unbranched alkanes of at least 4 members (excludes halogenated alkanes) is 21. The third-order valence-electron chi connectivity index (χ3n) is 6.91.